The third kappa shape index (κ3) is 3.21. The van der Waals surface area contributed by atoms with E-state index < -0.39 is 0 Å². The molecule has 0 bridgehead atoms. The van der Waals surface area contributed by atoms with Crippen LogP contribution in [0.15, 0.2) is 33.9 Å². The van der Waals surface area contributed by atoms with E-state index in [-0.39, 0.29) is 29.6 Å². The molecule has 1 aliphatic rings. The molecule has 0 radical (unpaired) electrons. The molecular weight excluding hydrogens is 294 g/mol. The summed E-state index contributed by atoms with van der Waals surface area (Å²) in [6.45, 7) is 1.97. The van der Waals surface area contributed by atoms with E-state index in [4.69, 9.17) is 0 Å². The second-order valence-corrected chi connectivity index (χ2v) is 6.31. The maximum Gasteiger partial charge on any atom is 0.273 e. The monoisotopic (exact) mass is 315 g/mol. The summed E-state index contributed by atoms with van der Waals surface area (Å²) in [5, 5.41) is 6.15. The van der Waals surface area contributed by atoms with Gasteiger partial charge in [0.15, 0.2) is 0 Å². The molecule has 1 aliphatic carbocycles. The normalized spacial score (nSPS) is 21.3. The van der Waals surface area contributed by atoms with Gasteiger partial charge in [0.1, 0.15) is 6.54 Å². The third-order valence-corrected chi connectivity index (χ3v) is 4.64. The molecule has 6 heteroatoms. The molecule has 1 fully saturated rings. The number of H-pyrrole nitrogens is 1. The van der Waals surface area contributed by atoms with Crippen molar-refractivity contribution in [3.8, 4) is 0 Å². The summed E-state index contributed by atoms with van der Waals surface area (Å²) in [6, 6.07) is 6.77. The van der Waals surface area contributed by atoms with Gasteiger partial charge in [0.05, 0.1) is 10.8 Å². The highest BCUT2D eigenvalue weighted by Gasteiger charge is 2.23. The van der Waals surface area contributed by atoms with Crippen LogP contribution in [0.1, 0.15) is 32.6 Å². The predicted octanol–water partition coefficient (Wildman–Crippen LogP) is 1.38. The average molecular weight is 315 g/mol. The van der Waals surface area contributed by atoms with Gasteiger partial charge in [-0.1, -0.05) is 31.9 Å². The number of hydrogen-bond donors (Lipinski definition) is 2. The number of aromatic nitrogens is 2. The van der Waals surface area contributed by atoms with Crippen molar-refractivity contribution in [2.24, 2.45) is 5.92 Å². The number of carbonyl (C=O) groups excluding carboxylic acids is 1. The molecule has 0 spiro atoms. The Morgan fingerprint density at radius 1 is 1.22 bits per heavy atom. The minimum absolute atomic E-state index is 0.152. The molecule has 2 aromatic rings. The molecule has 1 amide bonds. The molecule has 122 valence electrons. The molecule has 23 heavy (non-hydrogen) atoms. The first kappa shape index (κ1) is 15.5. The summed E-state index contributed by atoms with van der Waals surface area (Å²) in [5.74, 6) is 0.205. The summed E-state index contributed by atoms with van der Waals surface area (Å²) in [4.78, 5) is 36.6. The van der Waals surface area contributed by atoms with E-state index in [1.807, 2.05) is 0 Å². The smallest absolute Gasteiger partial charge is 0.273 e. The Kier molecular flexibility index (Phi) is 4.32. The number of aromatic amines is 1. The van der Waals surface area contributed by atoms with Gasteiger partial charge in [0, 0.05) is 6.04 Å². The van der Waals surface area contributed by atoms with Crippen molar-refractivity contribution in [3.63, 3.8) is 0 Å². The van der Waals surface area contributed by atoms with Crippen LogP contribution in [0, 0.1) is 5.92 Å². The topological polar surface area (TPSA) is 84.0 Å². The van der Waals surface area contributed by atoms with E-state index in [9.17, 15) is 14.4 Å². The maximum atomic E-state index is 12.4. The van der Waals surface area contributed by atoms with E-state index in [1.165, 1.54) is 6.42 Å². The predicted molar refractivity (Wildman–Crippen MR) is 88.4 cm³/mol. The van der Waals surface area contributed by atoms with Crippen LogP contribution in [0.2, 0.25) is 0 Å². The van der Waals surface area contributed by atoms with Crippen molar-refractivity contribution in [2.75, 3.05) is 0 Å². The lowest BCUT2D eigenvalue weighted by Gasteiger charge is -2.29. The Hall–Kier alpha value is -2.37. The first-order valence-corrected chi connectivity index (χ1v) is 8.07. The number of nitrogens with one attached hydrogen (secondary N) is 2. The molecule has 2 atom stereocenters. The SMILES string of the molecule is C[C@@H]1CCCC[C@@H]1NC(=O)Cn1[nH]c(=O)c2ccccc2c1=O. The number of nitrogens with zero attached hydrogens (tertiary/aromatic N) is 1. The van der Waals surface area contributed by atoms with Crippen molar-refractivity contribution in [1.82, 2.24) is 15.1 Å². The molecule has 1 heterocycles. The van der Waals surface area contributed by atoms with Crippen molar-refractivity contribution in [1.29, 1.82) is 0 Å². The Balaban J connectivity index is 1.81. The van der Waals surface area contributed by atoms with Crippen molar-refractivity contribution in [2.45, 2.75) is 45.2 Å². The molecule has 3 rings (SSSR count). The minimum Gasteiger partial charge on any atom is -0.351 e. The van der Waals surface area contributed by atoms with Gasteiger partial charge in [-0.25, -0.2) is 4.68 Å². The Labute approximate surface area is 133 Å². The zero-order valence-electron chi connectivity index (χ0n) is 13.2. The molecule has 0 saturated heterocycles. The van der Waals surface area contributed by atoms with Crippen LogP contribution in [0.25, 0.3) is 10.8 Å². The first-order valence-electron chi connectivity index (χ1n) is 8.07. The van der Waals surface area contributed by atoms with E-state index in [0.29, 0.717) is 16.7 Å². The van der Waals surface area contributed by atoms with Gasteiger partial charge in [-0.15, -0.1) is 0 Å². The van der Waals surface area contributed by atoms with Crippen molar-refractivity contribution in [3.05, 3.63) is 45.0 Å². The highest BCUT2D eigenvalue weighted by Crippen LogP contribution is 2.23. The number of amides is 1. The minimum atomic E-state index is -0.362. The Morgan fingerprint density at radius 3 is 2.65 bits per heavy atom. The van der Waals surface area contributed by atoms with E-state index in [0.717, 1.165) is 23.9 Å². The molecular formula is C17H21N3O3. The average Bonchev–Trinajstić information content (AvgIpc) is 2.54. The van der Waals surface area contributed by atoms with Gasteiger partial charge in [-0.2, -0.15) is 0 Å². The quantitative estimate of drug-likeness (QED) is 0.897. The van der Waals surface area contributed by atoms with Crippen LogP contribution in [-0.2, 0) is 11.3 Å². The van der Waals surface area contributed by atoms with Crippen molar-refractivity contribution < 1.29 is 4.79 Å². The van der Waals surface area contributed by atoms with Gasteiger partial charge < -0.3 is 5.32 Å². The number of carbonyl (C=O) groups is 1. The van der Waals surface area contributed by atoms with Gasteiger partial charge >= 0.3 is 0 Å². The molecule has 1 aromatic carbocycles. The molecule has 2 N–H and O–H groups in total. The molecule has 1 aromatic heterocycles. The number of fused-ring (bicyclic) bond motifs is 1. The largest absolute Gasteiger partial charge is 0.351 e. The van der Waals surface area contributed by atoms with E-state index in [1.54, 1.807) is 24.3 Å². The third-order valence-electron chi connectivity index (χ3n) is 4.64. The fraction of sp³-hybridized carbons (Fsp3) is 0.471. The van der Waals surface area contributed by atoms with Gasteiger partial charge in [-0.05, 0) is 30.9 Å². The second kappa shape index (κ2) is 6.40. The summed E-state index contributed by atoms with van der Waals surface area (Å²) in [5.41, 5.74) is -0.717. The van der Waals surface area contributed by atoms with E-state index >= 15 is 0 Å². The lowest BCUT2D eigenvalue weighted by molar-refractivity contribution is -0.123. The molecule has 0 aliphatic heterocycles. The highest BCUT2D eigenvalue weighted by molar-refractivity contribution is 5.81. The molecule has 6 nitrogen and oxygen atoms in total. The zero-order chi connectivity index (χ0) is 16.4. The molecule has 1 saturated carbocycles. The summed E-state index contributed by atoms with van der Waals surface area (Å²) in [6.07, 6.45) is 4.39. The lowest BCUT2D eigenvalue weighted by Crippen LogP contribution is -2.44. The molecule has 0 unspecified atom stereocenters. The van der Waals surface area contributed by atoms with Crippen LogP contribution in [0.4, 0.5) is 0 Å². The summed E-state index contributed by atoms with van der Waals surface area (Å²) < 4.78 is 1.09. The van der Waals surface area contributed by atoms with Crippen LogP contribution >= 0.6 is 0 Å². The fourth-order valence-electron chi connectivity index (χ4n) is 3.28. The maximum absolute atomic E-state index is 12.4. The Morgan fingerprint density at radius 2 is 1.91 bits per heavy atom. The van der Waals surface area contributed by atoms with Crippen LogP contribution < -0.4 is 16.4 Å². The Bertz CT molecular complexity index is 837. The van der Waals surface area contributed by atoms with Crippen LogP contribution in [-0.4, -0.2) is 21.7 Å². The standard InChI is InChI=1S/C17H21N3O3/c1-11-6-2-5-9-14(11)18-15(21)10-20-17(23)13-8-4-3-7-12(13)16(22)19-20/h3-4,7-8,11,14H,2,5-6,9-10H2,1H3,(H,18,21)(H,19,22)/t11-,14+/m1/s1. The summed E-state index contributed by atoms with van der Waals surface area (Å²) >= 11 is 0. The number of benzene rings is 1. The fourth-order valence-corrected chi connectivity index (χ4v) is 3.28. The van der Waals surface area contributed by atoms with E-state index in [2.05, 4.69) is 17.3 Å². The highest BCUT2D eigenvalue weighted by atomic mass is 16.2. The van der Waals surface area contributed by atoms with Gasteiger partial charge in [0.25, 0.3) is 11.1 Å². The first-order chi connectivity index (χ1) is 11.1. The van der Waals surface area contributed by atoms with Gasteiger partial charge in [0.2, 0.25) is 5.91 Å². The van der Waals surface area contributed by atoms with Crippen molar-refractivity contribution >= 4 is 16.7 Å². The zero-order valence-corrected chi connectivity index (χ0v) is 13.2. The van der Waals surface area contributed by atoms with Crippen LogP contribution in [0.3, 0.4) is 0 Å². The summed E-state index contributed by atoms with van der Waals surface area (Å²) in [7, 11) is 0. The second-order valence-electron chi connectivity index (χ2n) is 6.31. The lowest BCUT2D eigenvalue weighted by atomic mass is 9.86. The van der Waals surface area contributed by atoms with Crippen LogP contribution in [0.5, 0.6) is 0 Å². The number of hydrogen-bond acceptors (Lipinski definition) is 3. The van der Waals surface area contributed by atoms with Gasteiger partial charge in [-0.3, -0.25) is 19.5 Å². The number of rotatable bonds is 3.